The van der Waals surface area contributed by atoms with Gasteiger partial charge in [0.1, 0.15) is 5.69 Å². The fraction of sp³-hybridized carbons (Fsp3) is 0.421. The van der Waals surface area contributed by atoms with Gasteiger partial charge >= 0.3 is 0 Å². The molecule has 2 N–H and O–H groups in total. The second kappa shape index (κ2) is 6.48. The van der Waals surface area contributed by atoms with Gasteiger partial charge < -0.3 is 10.3 Å². The van der Waals surface area contributed by atoms with Crippen molar-refractivity contribution in [3.63, 3.8) is 0 Å². The quantitative estimate of drug-likeness (QED) is 0.727. The van der Waals surface area contributed by atoms with E-state index in [1.165, 1.54) is 23.5 Å². The average molecular weight is 367 g/mol. The first kappa shape index (κ1) is 16.0. The third-order valence-electron chi connectivity index (χ3n) is 5.18. The Morgan fingerprint density at radius 3 is 3.15 bits per heavy atom. The van der Waals surface area contributed by atoms with Gasteiger partial charge in [-0.2, -0.15) is 0 Å². The zero-order valence-corrected chi connectivity index (χ0v) is 15.3. The minimum Gasteiger partial charge on any atom is -0.361 e. The van der Waals surface area contributed by atoms with Gasteiger partial charge in [-0.3, -0.25) is 14.7 Å². The van der Waals surface area contributed by atoms with E-state index in [0.717, 1.165) is 42.9 Å². The molecule has 0 unspecified atom stereocenters. The molecule has 4 heterocycles. The summed E-state index contributed by atoms with van der Waals surface area (Å²) in [5, 5.41) is 7.51. The summed E-state index contributed by atoms with van der Waals surface area (Å²) < 4.78 is 0. The fourth-order valence-corrected chi connectivity index (χ4v) is 4.64. The van der Waals surface area contributed by atoms with Crippen molar-refractivity contribution < 1.29 is 4.79 Å². The van der Waals surface area contributed by atoms with Gasteiger partial charge in [-0.05, 0) is 31.4 Å². The van der Waals surface area contributed by atoms with E-state index in [9.17, 15) is 4.79 Å². The summed E-state index contributed by atoms with van der Waals surface area (Å²) in [5.74, 6) is 0.634. The van der Waals surface area contributed by atoms with E-state index in [-0.39, 0.29) is 11.9 Å². The van der Waals surface area contributed by atoms with Crippen LogP contribution in [0.5, 0.6) is 0 Å². The Balaban J connectivity index is 1.20. The molecule has 1 atom stereocenters. The van der Waals surface area contributed by atoms with Crippen LogP contribution in [-0.2, 0) is 6.54 Å². The minimum absolute atomic E-state index is 0.0910. The second-order valence-corrected chi connectivity index (χ2v) is 8.13. The van der Waals surface area contributed by atoms with E-state index >= 15 is 0 Å². The molecule has 0 spiro atoms. The number of amides is 1. The molecule has 1 amide bonds. The molecule has 2 aliphatic rings. The molecule has 3 aromatic heterocycles. The van der Waals surface area contributed by atoms with Gasteiger partial charge in [0.15, 0.2) is 0 Å². The summed E-state index contributed by atoms with van der Waals surface area (Å²) in [5.41, 5.74) is 2.60. The topological polar surface area (TPSA) is 73.9 Å². The Morgan fingerprint density at radius 1 is 1.35 bits per heavy atom. The van der Waals surface area contributed by atoms with Crippen LogP contribution in [0.25, 0.3) is 10.9 Å². The highest BCUT2D eigenvalue weighted by molar-refractivity contribution is 7.09. The van der Waals surface area contributed by atoms with Crippen molar-refractivity contribution in [1.82, 2.24) is 25.2 Å². The molecule has 0 radical (unpaired) electrons. The van der Waals surface area contributed by atoms with Crippen molar-refractivity contribution in [2.75, 3.05) is 13.1 Å². The lowest BCUT2D eigenvalue weighted by Crippen LogP contribution is -2.37. The monoisotopic (exact) mass is 367 g/mol. The van der Waals surface area contributed by atoms with Gasteiger partial charge in [-0.1, -0.05) is 0 Å². The molecule has 26 heavy (non-hydrogen) atoms. The molecule has 1 aliphatic carbocycles. The Hall–Kier alpha value is -2.25. The third-order valence-corrected chi connectivity index (χ3v) is 6.24. The number of aromatic nitrogens is 3. The number of fused-ring (bicyclic) bond motifs is 1. The molecule has 134 valence electrons. The van der Waals surface area contributed by atoms with Crippen molar-refractivity contribution in [3.8, 4) is 0 Å². The van der Waals surface area contributed by atoms with Crippen molar-refractivity contribution in [1.29, 1.82) is 0 Å². The van der Waals surface area contributed by atoms with E-state index in [2.05, 4.69) is 25.6 Å². The highest BCUT2D eigenvalue weighted by atomic mass is 32.1. The molecular formula is C19H21N5OS. The van der Waals surface area contributed by atoms with Crippen molar-refractivity contribution >= 4 is 28.1 Å². The molecule has 2 fully saturated rings. The van der Waals surface area contributed by atoms with Crippen LogP contribution in [0.4, 0.5) is 0 Å². The van der Waals surface area contributed by atoms with Gasteiger partial charge in [0, 0.05) is 60.3 Å². The summed E-state index contributed by atoms with van der Waals surface area (Å²) in [4.78, 5) is 27.2. The van der Waals surface area contributed by atoms with Crippen LogP contribution in [-0.4, -0.2) is 44.9 Å². The first-order valence-corrected chi connectivity index (χ1v) is 10.0. The Bertz CT molecular complexity index is 944. The number of nitrogens with one attached hydrogen (secondary N) is 2. The van der Waals surface area contributed by atoms with Crippen LogP contribution in [0.2, 0.25) is 0 Å². The largest absolute Gasteiger partial charge is 0.361 e. The summed E-state index contributed by atoms with van der Waals surface area (Å²) >= 11 is 1.80. The molecule has 0 bridgehead atoms. The second-order valence-electron chi connectivity index (χ2n) is 7.24. The maximum Gasteiger partial charge on any atom is 0.270 e. The number of rotatable bonds is 5. The van der Waals surface area contributed by atoms with E-state index in [1.807, 2.05) is 18.3 Å². The molecule has 1 aliphatic heterocycles. The smallest absolute Gasteiger partial charge is 0.270 e. The molecular weight excluding hydrogens is 346 g/mol. The van der Waals surface area contributed by atoms with Crippen molar-refractivity contribution in [3.05, 3.63) is 46.3 Å². The number of hydrogen-bond donors (Lipinski definition) is 2. The zero-order chi connectivity index (χ0) is 17.5. The molecule has 5 rings (SSSR count). The summed E-state index contributed by atoms with van der Waals surface area (Å²) in [6, 6.07) is 3.95. The molecule has 7 heteroatoms. The van der Waals surface area contributed by atoms with E-state index in [0.29, 0.717) is 5.69 Å². The number of aromatic amines is 1. The van der Waals surface area contributed by atoms with Crippen molar-refractivity contribution in [2.24, 2.45) is 0 Å². The van der Waals surface area contributed by atoms with Crippen LogP contribution >= 0.6 is 11.3 Å². The number of pyridine rings is 1. The Morgan fingerprint density at radius 2 is 2.27 bits per heavy atom. The molecule has 6 nitrogen and oxygen atoms in total. The first-order valence-electron chi connectivity index (χ1n) is 9.16. The molecule has 3 aromatic rings. The highest BCUT2D eigenvalue weighted by Crippen LogP contribution is 2.41. The van der Waals surface area contributed by atoms with Crippen LogP contribution in [0, 0.1) is 0 Å². The fourth-order valence-electron chi connectivity index (χ4n) is 3.65. The number of H-pyrrole nitrogens is 1. The number of thiazole rings is 1. The van der Waals surface area contributed by atoms with Gasteiger partial charge in [0.2, 0.25) is 0 Å². The summed E-state index contributed by atoms with van der Waals surface area (Å²) in [7, 11) is 0. The predicted octanol–water partition coefficient (Wildman–Crippen LogP) is 2.90. The van der Waals surface area contributed by atoms with Crippen molar-refractivity contribution in [2.45, 2.75) is 37.8 Å². The standard InChI is InChI=1S/C19H21N5OS/c25-18(17-15-3-6-20-16(15)4-7-21-17)22-13-5-8-24(9-13)10-14-11-26-19(23-14)12-1-2-12/h3-4,6-7,11-13,20H,1-2,5,8-10H2,(H,22,25)/t13-/m1/s1. The number of nitrogens with zero attached hydrogens (tertiary/aromatic N) is 3. The SMILES string of the molecule is O=C(N[C@@H]1CCN(Cc2csc(C3CC3)n2)C1)c1nccc2[nH]ccc12. The first-order chi connectivity index (χ1) is 12.8. The average Bonchev–Trinajstić information content (AvgIpc) is 3.04. The maximum absolute atomic E-state index is 12.6. The highest BCUT2D eigenvalue weighted by Gasteiger charge is 2.28. The van der Waals surface area contributed by atoms with Gasteiger partial charge in [-0.25, -0.2) is 4.98 Å². The Kier molecular flexibility index (Phi) is 3.98. The number of hydrogen-bond acceptors (Lipinski definition) is 5. The lowest BCUT2D eigenvalue weighted by Gasteiger charge is -2.15. The molecule has 1 saturated carbocycles. The molecule has 0 aromatic carbocycles. The van der Waals surface area contributed by atoms with Gasteiger partial charge in [-0.15, -0.1) is 11.3 Å². The van der Waals surface area contributed by atoms with Crippen LogP contribution in [0.15, 0.2) is 29.9 Å². The number of carbonyl (C=O) groups excluding carboxylic acids is 1. The minimum atomic E-state index is -0.0910. The third kappa shape index (κ3) is 3.12. The van der Waals surface area contributed by atoms with Crippen LogP contribution < -0.4 is 5.32 Å². The molecule has 1 saturated heterocycles. The predicted molar refractivity (Wildman–Crippen MR) is 101 cm³/mol. The Labute approximate surface area is 155 Å². The van der Waals surface area contributed by atoms with Crippen LogP contribution in [0.3, 0.4) is 0 Å². The van der Waals surface area contributed by atoms with Gasteiger partial charge in [0.25, 0.3) is 5.91 Å². The normalized spacial score (nSPS) is 20.7. The summed E-state index contributed by atoms with van der Waals surface area (Å²) in [6.07, 6.45) is 7.08. The lowest BCUT2D eigenvalue weighted by molar-refractivity contribution is 0.0934. The van der Waals surface area contributed by atoms with E-state index in [4.69, 9.17) is 4.98 Å². The van der Waals surface area contributed by atoms with Gasteiger partial charge in [0.05, 0.1) is 10.7 Å². The lowest BCUT2D eigenvalue weighted by atomic mass is 10.2. The number of carbonyl (C=O) groups is 1. The summed E-state index contributed by atoms with van der Waals surface area (Å²) in [6.45, 7) is 2.73. The zero-order valence-electron chi connectivity index (χ0n) is 14.4. The van der Waals surface area contributed by atoms with Crippen LogP contribution in [0.1, 0.15) is 46.4 Å². The maximum atomic E-state index is 12.6. The van der Waals surface area contributed by atoms with E-state index < -0.39 is 0 Å². The van der Waals surface area contributed by atoms with E-state index in [1.54, 1.807) is 17.5 Å². The number of likely N-dealkylation sites (tertiary alicyclic amines) is 1.